The molecule has 0 aromatic carbocycles. The van der Waals surface area contributed by atoms with Crippen LogP contribution in [-0.2, 0) is 16.8 Å². The Bertz CT molecular complexity index is 138. The molecule has 0 aromatic rings. The SMILES string of the molecule is [CH2-]CCCCCCCCCCCCCCCCCCC.[Co]. The topological polar surface area (TPSA) is 0 Å². The molecule has 0 heterocycles. The maximum Gasteiger partial charge on any atom is 0 e. The summed E-state index contributed by atoms with van der Waals surface area (Å²) in [7, 11) is 0. The van der Waals surface area contributed by atoms with Crippen molar-refractivity contribution in [1.29, 1.82) is 0 Å². The molecule has 0 bridgehead atoms. The van der Waals surface area contributed by atoms with Gasteiger partial charge in [-0.15, -0.1) is 0 Å². The van der Waals surface area contributed by atoms with Crippen molar-refractivity contribution in [2.24, 2.45) is 0 Å². The third-order valence-electron chi connectivity index (χ3n) is 4.35. The zero-order valence-corrected chi connectivity index (χ0v) is 15.8. The molecule has 0 rings (SSSR count). The van der Waals surface area contributed by atoms with E-state index >= 15 is 0 Å². The first kappa shape index (κ1) is 23.8. The van der Waals surface area contributed by atoms with Crippen molar-refractivity contribution >= 4 is 0 Å². The second-order valence-corrected chi connectivity index (χ2v) is 6.51. The second-order valence-electron chi connectivity index (χ2n) is 6.51. The van der Waals surface area contributed by atoms with Crippen LogP contribution in [0.15, 0.2) is 0 Å². The maximum absolute atomic E-state index is 3.89. The van der Waals surface area contributed by atoms with E-state index in [-0.39, 0.29) is 16.8 Å². The van der Waals surface area contributed by atoms with Crippen LogP contribution in [0.1, 0.15) is 122 Å². The summed E-state index contributed by atoms with van der Waals surface area (Å²) in [5, 5.41) is 0. The Hall–Kier alpha value is 0.506. The zero-order valence-electron chi connectivity index (χ0n) is 14.8. The third-order valence-corrected chi connectivity index (χ3v) is 4.35. The van der Waals surface area contributed by atoms with Gasteiger partial charge in [-0.25, -0.2) is 0 Å². The molecular weight excluding hydrogens is 299 g/mol. The first-order valence-corrected chi connectivity index (χ1v) is 9.71. The molecule has 0 fully saturated rings. The fourth-order valence-corrected chi connectivity index (χ4v) is 2.90. The van der Waals surface area contributed by atoms with Crippen molar-refractivity contribution in [1.82, 2.24) is 0 Å². The van der Waals surface area contributed by atoms with Crippen LogP contribution in [0.25, 0.3) is 0 Å². The molecule has 0 aromatic heterocycles. The smallest absolute Gasteiger partial charge is 0 e. The number of hydrogen-bond donors (Lipinski definition) is 0. The normalized spacial score (nSPS) is 10.6. The third kappa shape index (κ3) is 22.9. The summed E-state index contributed by atoms with van der Waals surface area (Å²) in [6.07, 6.45) is 25.8. The Morgan fingerprint density at radius 1 is 0.429 bits per heavy atom. The van der Waals surface area contributed by atoms with Gasteiger partial charge in [-0.2, -0.15) is 6.42 Å². The van der Waals surface area contributed by atoms with Crippen LogP contribution in [0, 0.1) is 6.92 Å². The van der Waals surface area contributed by atoms with Gasteiger partial charge < -0.3 is 6.92 Å². The van der Waals surface area contributed by atoms with E-state index < -0.39 is 0 Å². The van der Waals surface area contributed by atoms with Crippen LogP contribution in [0.5, 0.6) is 0 Å². The van der Waals surface area contributed by atoms with E-state index in [2.05, 4.69) is 13.8 Å². The van der Waals surface area contributed by atoms with Gasteiger partial charge >= 0.3 is 0 Å². The summed E-state index contributed by atoms with van der Waals surface area (Å²) in [4.78, 5) is 0. The summed E-state index contributed by atoms with van der Waals surface area (Å²) >= 11 is 0. The van der Waals surface area contributed by atoms with E-state index in [0.29, 0.717) is 0 Å². The van der Waals surface area contributed by atoms with E-state index in [1.165, 1.54) is 109 Å². The van der Waals surface area contributed by atoms with Gasteiger partial charge in [-0.3, -0.25) is 0 Å². The molecule has 0 spiro atoms. The first-order chi connectivity index (χ1) is 9.91. The van der Waals surface area contributed by atoms with E-state index in [0.717, 1.165) is 6.42 Å². The summed E-state index contributed by atoms with van der Waals surface area (Å²) in [6, 6.07) is 0. The minimum Gasteiger partial charge on any atom is -0.343 e. The molecule has 1 radical (unpaired) electrons. The van der Waals surface area contributed by atoms with Crippen LogP contribution >= 0.6 is 0 Å². The van der Waals surface area contributed by atoms with E-state index in [9.17, 15) is 0 Å². The van der Waals surface area contributed by atoms with E-state index in [1.807, 2.05) is 0 Å². The molecule has 1 heteroatoms. The van der Waals surface area contributed by atoms with Crippen LogP contribution in [0.4, 0.5) is 0 Å². The van der Waals surface area contributed by atoms with Crippen LogP contribution in [0.2, 0.25) is 0 Å². The van der Waals surface area contributed by atoms with Gasteiger partial charge in [0.25, 0.3) is 0 Å². The minimum absolute atomic E-state index is 0. The van der Waals surface area contributed by atoms with Crippen LogP contribution in [0.3, 0.4) is 0 Å². The van der Waals surface area contributed by atoms with Gasteiger partial charge in [0, 0.05) is 16.8 Å². The molecular formula is C20H41Co-. The Morgan fingerprint density at radius 2 is 0.667 bits per heavy atom. The largest absolute Gasteiger partial charge is 0.343 e. The minimum atomic E-state index is 0. The average molecular weight is 340 g/mol. The summed E-state index contributed by atoms with van der Waals surface area (Å²) in [5.74, 6) is 0. The van der Waals surface area contributed by atoms with Gasteiger partial charge in [-0.1, -0.05) is 116 Å². The molecule has 21 heavy (non-hydrogen) atoms. The van der Waals surface area contributed by atoms with Crippen molar-refractivity contribution in [2.45, 2.75) is 122 Å². The van der Waals surface area contributed by atoms with Gasteiger partial charge in [0.05, 0.1) is 0 Å². The molecule has 0 aliphatic rings. The number of hydrogen-bond acceptors (Lipinski definition) is 0. The van der Waals surface area contributed by atoms with Gasteiger partial charge in [0.1, 0.15) is 0 Å². The molecule has 0 nitrogen and oxygen atoms in total. The standard InChI is InChI=1S/C20H41.Co/c1-3-5-7-9-11-13-15-17-19-20-18-16-14-12-10-8-6-4-2;/h1,3-20H2,2H3;/q-1;. The summed E-state index contributed by atoms with van der Waals surface area (Å²) < 4.78 is 0. The van der Waals surface area contributed by atoms with Gasteiger partial charge in [-0.05, 0) is 0 Å². The van der Waals surface area contributed by atoms with Crippen molar-refractivity contribution in [3.8, 4) is 0 Å². The van der Waals surface area contributed by atoms with E-state index in [1.54, 1.807) is 0 Å². The molecule has 131 valence electrons. The van der Waals surface area contributed by atoms with Crippen LogP contribution in [-0.4, -0.2) is 0 Å². The Kier molecular flexibility index (Phi) is 25.8. The molecule has 0 saturated heterocycles. The monoisotopic (exact) mass is 340 g/mol. The van der Waals surface area contributed by atoms with Crippen molar-refractivity contribution in [3.63, 3.8) is 0 Å². The van der Waals surface area contributed by atoms with Crippen molar-refractivity contribution in [3.05, 3.63) is 6.92 Å². The fraction of sp³-hybridized carbons (Fsp3) is 0.950. The van der Waals surface area contributed by atoms with Gasteiger partial charge in [0.15, 0.2) is 0 Å². The molecule has 0 atom stereocenters. The van der Waals surface area contributed by atoms with Crippen molar-refractivity contribution in [2.75, 3.05) is 0 Å². The quantitative estimate of drug-likeness (QED) is 0.187. The second kappa shape index (κ2) is 22.8. The average Bonchev–Trinajstić information content (AvgIpc) is 2.47. The Balaban J connectivity index is 0. The molecule has 0 aliphatic carbocycles. The summed E-state index contributed by atoms with van der Waals surface area (Å²) in [6.45, 7) is 6.19. The molecule has 0 N–H and O–H groups in total. The predicted octanol–water partition coefficient (Wildman–Crippen LogP) is 7.86. The predicted molar refractivity (Wildman–Crippen MR) is 94.1 cm³/mol. The van der Waals surface area contributed by atoms with Crippen molar-refractivity contribution < 1.29 is 16.8 Å². The van der Waals surface area contributed by atoms with E-state index in [4.69, 9.17) is 0 Å². The maximum atomic E-state index is 3.89. The zero-order chi connectivity index (χ0) is 14.7. The number of unbranched alkanes of at least 4 members (excludes halogenated alkanes) is 17. The molecule has 0 saturated carbocycles. The summed E-state index contributed by atoms with van der Waals surface area (Å²) in [5.41, 5.74) is 0. The van der Waals surface area contributed by atoms with Crippen LogP contribution < -0.4 is 0 Å². The fourth-order valence-electron chi connectivity index (χ4n) is 2.90. The first-order valence-electron chi connectivity index (χ1n) is 9.71. The van der Waals surface area contributed by atoms with Gasteiger partial charge in [0.2, 0.25) is 0 Å². The Morgan fingerprint density at radius 3 is 0.905 bits per heavy atom. The molecule has 0 amide bonds. The molecule has 0 aliphatic heterocycles. The Labute approximate surface area is 146 Å². The number of rotatable bonds is 17. The molecule has 0 unspecified atom stereocenters.